The summed E-state index contributed by atoms with van der Waals surface area (Å²) < 4.78 is 5.38. The van der Waals surface area contributed by atoms with E-state index < -0.39 is 6.10 Å². The van der Waals surface area contributed by atoms with Gasteiger partial charge >= 0.3 is 0 Å². The fourth-order valence-corrected chi connectivity index (χ4v) is 6.75. The fraction of sp³-hybridized carbons (Fsp3) is 0.741. The quantitative estimate of drug-likeness (QED) is 0.545. The second kappa shape index (κ2) is 11.4. The summed E-state index contributed by atoms with van der Waals surface area (Å²) in [5.74, 6) is -0.335. The van der Waals surface area contributed by atoms with E-state index in [0.29, 0.717) is 12.2 Å². The lowest BCUT2D eigenvalue weighted by Gasteiger charge is -2.56. The Balaban J connectivity index is 1.36. The molecular formula is C27H42N4O4. The lowest BCUT2D eigenvalue weighted by molar-refractivity contribution is -0.142. The largest absolute Gasteiger partial charge is 0.392 e. The van der Waals surface area contributed by atoms with E-state index in [2.05, 4.69) is 34.4 Å². The number of aromatic nitrogens is 1. The second-order valence-electron chi connectivity index (χ2n) is 11.1. The molecule has 0 radical (unpaired) electrons. The number of carbonyl (C=O) groups is 2. The molecule has 8 nitrogen and oxygen atoms in total. The number of fused-ring (bicyclic) bond motifs is 1. The van der Waals surface area contributed by atoms with Crippen LogP contribution in [0.5, 0.6) is 0 Å². The zero-order valence-corrected chi connectivity index (χ0v) is 21.4. The number of hydrogen-bond donors (Lipinski definition) is 3. The second-order valence-corrected chi connectivity index (χ2v) is 11.1. The first-order valence-electron chi connectivity index (χ1n) is 13.3. The summed E-state index contributed by atoms with van der Waals surface area (Å²) in [4.78, 5) is 32.2. The average molecular weight is 487 g/mol. The topological polar surface area (TPSA) is 104 Å². The van der Waals surface area contributed by atoms with Gasteiger partial charge in [-0.3, -0.25) is 19.5 Å². The van der Waals surface area contributed by atoms with Crippen molar-refractivity contribution in [3.63, 3.8) is 0 Å². The third-order valence-electron chi connectivity index (χ3n) is 8.99. The smallest absolute Gasteiger partial charge is 0.270 e. The van der Waals surface area contributed by atoms with Crippen LogP contribution in [0.1, 0.15) is 56.9 Å². The number of aliphatic hydroxyl groups is 1. The molecule has 1 aromatic rings. The van der Waals surface area contributed by atoms with E-state index in [0.717, 1.165) is 58.5 Å². The van der Waals surface area contributed by atoms with E-state index in [4.69, 9.17) is 4.74 Å². The molecule has 4 rings (SSSR count). The van der Waals surface area contributed by atoms with Crippen molar-refractivity contribution in [1.29, 1.82) is 0 Å². The number of carbonyl (C=O) groups excluding carboxylic acids is 2. The Bertz CT molecular complexity index is 862. The summed E-state index contributed by atoms with van der Waals surface area (Å²) in [6.45, 7) is 11.1. The Kier molecular flexibility index (Phi) is 8.45. The molecule has 8 heteroatoms. The van der Waals surface area contributed by atoms with E-state index in [9.17, 15) is 14.7 Å². The van der Waals surface area contributed by atoms with Crippen LogP contribution in [-0.2, 0) is 9.53 Å². The van der Waals surface area contributed by atoms with Gasteiger partial charge in [-0.05, 0) is 61.0 Å². The zero-order valence-electron chi connectivity index (χ0n) is 21.4. The van der Waals surface area contributed by atoms with E-state index in [1.54, 1.807) is 18.3 Å². The molecule has 35 heavy (non-hydrogen) atoms. The molecule has 0 spiro atoms. The van der Waals surface area contributed by atoms with Crippen LogP contribution in [-0.4, -0.2) is 78.3 Å². The Morgan fingerprint density at radius 2 is 2.00 bits per heavy atom. The van der Waals surface area contributed by atoms with Crippen LogP contribution >= 0.6 is 0 Å². The van der Waals surface area contributed by atoms with Gasteiger partial charge in [0.15, 0.2) is 0 Å². The highest BCUT2D eigenvalue weighted by molar-refractivity contribution is 5.92. The normalized spacial score (nSPS) is 34.5. The van der Waals surface area contributed by atoms with E-state index in [1.165, 1.54) is 0 Å². The van der Waals surface area contributed by atoms with Gasteiger partial charge in [0.2, 0.25) is 5.91 Å². The predicted octanol–water partition coefficient (Wildman–Crippen LogP) is 2.09. The molecule has 3 aliphatic rings. The third-order valence-corrected chi connectivity index (χ3v) is 8.99. The molecule has 3 N–H and O–H groups in total. The number of hydrogen-bond acceptors (Lipinski definition) is 6. The van der Waals surface area contributed by atoms with E-state index in [-0.39, 0.29) is 46.9 Å². The third kappa shape index (κ3) is 5.87. The standard InChI is InChI=1S/C27H42N4O4/c1-18(25(33)29-12-13-31-14-16-35-17-15-31)20-7-9-27(3)10-8-21(19(2)23(27)24(20)32)30-26(34)22-6-4-5-11-28-22/h4-6,11,18-21,23-24,32H,7-10,12-17H2,1-3H3,(H,29,33)(H,30,34)/t18-,19-,20+,21-,23+,24-,27+/m0/s1. The maximum Gasteiger partial charge on any atom is 0.270 e. The number of aliphatic hydroxyl groups excluding tert-OH is 1. The lowest BCUT2D eigenvalue weighted by atomic mass is 9.51. The van der Waals surface area contributed by atoms with Crippen LogP contribution in [0.15, 0.2) is 24.4 Å². The molecule has 0 unspecified atom stereocenters. The van der Waals surface area contributed by atoms with Gasteiger partial charge in [-0.1, -0.05) is 26.8 Å². The van der Waals surface area contributed by atoms with Gasteiger partial charge in [-0.25, -0.2) is 0 Å². The molecule has 2 amide bonds. The molecule has 194 valence electrons. The van der Waals surface area contributed by atoms with Crippen molar-refractivity contribution in [1.82, 2.24) is 20.5 Å². The SMILES string of the molecule is C[C@@H]1[C@@H]2[C@@H](O)[C@@H]([C@H](C)C(=O)NCCN3CCOCC3)CC[C@]2(C)CC[C@@H]1NC(=O)c1ccccn1. The predicted molar refractivity (Wildman–Crippen MR) is 134 cm³/mol. The molecule has 0 bridgehead atoms. The van der Waals surface area contributed by atoms with Gasteiger partial charge in [0.25, 0.3) is 5.91 Å². The fourth-order valence-electron chi connectivity index (χ4n) is 6.75. The zero-order chi connectivity index (χ0) is 25.0. The number of morpholine rings is 1. The average Bonchev–Trinajstić information content (AvgIpc) is 2.86. The first kappa shape index (κ1) is 26.0. The molecule has 1 saturated heterocycles. The first-order chi connectivity index (χ1) is 16.8. The van der Waals surface area contributed by atoms with Gasteiger partial charge in [0.1, 0.15) is 5.69 Å². The van der Waals surface area contributed by atoms with Crippen LogP contribution in [0.4, 0.5) is 0 Å². The maximum absolute atomic E-state index is 13.0. The minimum Gasteiger partial charge on any atom is -0.392 e. The molecule has 0 aromatic carbocycles. The van der Waals surface area contributed by atoms with Crippen LogP contribution in [0.3, 0.4) is 0 Å². The summed E-state index contributed by atoms with van der Waals surface area (Å²) in [6, 6.07) is 5.31. The highest BCUT2D eigenvalue weighted by Gasteiger charge is 2.53. The van der Waals surface area contributed by atoms with Crippen molar-refractivity contribution >= 4 is 11.8 Å². The minimum atomic E-state index is -0.571. The van der Waals surface area contributed by atoms with Gasteiger partial charge < -0.3 is 20.5 Å². The molecule has 7 atom stereocenters. The molecule has 2 heterocycles. The maximum atomic E-state index is 13.0. The van der Waals surface area contributed by atoms with Gasteiger partial charge in [0.05, 0.1) is 19.3 Å². The number of ether oxygens (including phenoxy) is 1. The van der Waals surface area contributed by atoms with Crippen molar-refractivity contribution in [2.75, 3.05) is 39.4 Å². The van der Waals surface area contributed by atoms with Crippen LogP contribution in [0.25, 0.3) is 0 Å². The highest BCUT2D eigenvalue weighted by Crippen LogP contribution is 2.55. The molecule has 1 aromatic heterocycles. The Morgan fingerprint density at radius 3 is 2.71 bits per heavy atom. The van der Waals surface area contributed by atoms with Gasteiger partial charge in [-0.15, -0.1) is 0 Å². The van der Waals surface area contributed by atoms with Crippen molar-refractivity contribution in [2.24, 2.45) is 29.1 Å². The monoisotopic (exact) mass is 486 g/mol. The molecule has 2 aliphatic carbocycles. The van der Waals surface area contributed by atoms with Crippen LogP contribution in [0.2, 0.25) is 0 Å². The summed E-state index contributed by atoms with van der Waals surface area (Å²) in [6.07, 6.45) is 4.75. The summed E-state index contributed by atoms with van der Waals surface area (Å²) in [5, 5.41) is 17.9. The van der Waals surface area contributed by atoms with Gasteiger partial charge in [0, 0.05) is 44.3 Å². The summed E-state index contributed by atoms with van der Waals surface area (Å²) in [7, 11) is 0. The first-order valence-corrected chi connectivity index (χ1v) is 13.3. The Labute approximate surface area is 209 Å². The van der Waals surface area contributed by atoms with Crippen LogP contribution < -0.4 is 10.6 Å². The Hall–Kier alpha value is -2.03. The minimum absolute atomic E-state index is 0.0198. The lowest BCUT2D eigenvalue weighted by Crippen LogP contribution is -2.58. The molecule has 2 saturated carbocycles. The number of pyridine rings is 1. The number of nitrogens with one attached hydrogen (secondary N) is 2. The summed E-state index contributed by atoms with van der Waals surface area (Å²) >= 11 is 0. The van der Waals surface area contributed by atoms with Crippen molar-refractivity contribution in [3.8, 4) is 0 Å². The van der Waals surface area contributed by atoms with E-state index in [1.807, 2.05) is 13.0 Å². The number of amides is 2. The van der Waals surface area contributed by atoms with Gasteiger partial charge in [-0.2, -0.15) is 0 Å². The molecular weight excluding hydrogens is 444 g/mol. The highest BCUT2D eigenvalue weighted by atomic mass is 16.5. The van der Waals surface area contributed by atoms with Crippen molar-refractivity contribution < 1.29 is 19.4 Å². The Morgan fingerprint density at radius 1 is 1.26 bits per heavy atom. The summed E-state index contributed by atoms with van der Waals surface area (Å²) in [5.41, 5.74) is 0.436. The molecule has 3 fully saturated rings. The van der Waals surface area contributed by atoms with E-state index >= 15 is 0 Å². The van der Waals surface area contributed by atoms with Crippen molar-refractivity contribution in [3.05, 3.63) is 30.1 Å². The molecule has 1 aliphatic heterocycles. The number of nitrogens with zero attached hydrogens (tertiary/aromatic N) is 2. The number of rotatable bonds is 7. The van der Waals surface area contributed by atoms with Crippen LogP contribution in [0, 0.1) is 29.1 Å². The van der Waals surface area contributed by atoms with Crippen molar-refractivity contribution in [2.45, 2.75) is 58.6 Å².